The lowest BCUT2D eigenvalue weighted by molar-refractivity contribution is -0.168. The second-order valence-electron chi connectivity index (χ2n) is 17.3. The summed E-state index contributed by atoms with van der Waals surface area (Å²) >= 11 is 0. The average Bonchev–Trinajstić information content (AvgIpc) is 3.55. The van der Waals surface area contributed by atoms with Gasteiger partial charge in [0.1, 0.15) is 0 Å². The Morgan fingerprint density at radius 1 is 0.844 bits per heavy atom. The van der Waals surface area contributed by atoms with E-state index in [1.807, 2.05) is 42.2 Å². The molecule has 3 aromatic rings. The fourth-order valence-electron chi connectivity index (χ4n) is 8.62. The number of esters is 1. The van der Waals surface area contributed by atoms with Crippen LogP contribution < -0.4 is 11.1 Å². The highest BCUT2D eigenvalue weighted by atomic mass is 16.8. The maximum absolute atomic E-state index is 13.7. The number of likely N-dealkylation sites (tertiary alicyclic amines) is 3. The number of anilines is 1. The lowest BCUT2D eigenvalue weighted by atomic mass is 9.98. The maximum atomic E-state index is 13.7. The van der Waals surface area contributed by atoms with Crippen molar-refractivity contribution in [3.05, 3.63) is 63.6 Å². The molecule has 4 aliphatic rings. The number of carbonyl (C=O) groups is 5. The number of nitrogens with one attached hydrogen (secondary N) is 2. The van der Waals surface area contributed by atoms with Crippen LogP contribution in [0.25, 0.3) is 11.1 Å². The van der Waals surface area contributed by atoms with Gasteiger partial charge < -0.3 is 48.3 Å². The van der Waals surface area contributed by atoms with Gasteiger partial charge in [-0.1, -0.05) is 45.5 Å². The topological polar surface area (TPSA) is 193 Å². The molecule has 0 radical (unpaired) electrons. The summed E-state index contributed by atoms with van der Waals surface area (Å²) < 4.78 is 25.6. The number of carbonyl (C=O) groups excluding carboxylic acids is 5. The van der Waals surface area contributed by atoms with Gasteiger partial charge in [0.25, 0.3) is 5.91 Å². The number of fused-ring (bicyclic) bond motifs is 2. The Morgan fingerprint density at radius 3 is 2.19 bits per heavy atom. The van der Waals surface area contributed by atoms with E-state index in [9.17, 15) is 28.8 Å². The van der Waals surface area contributed by atoms with Crippen molar-refractivity contribution in [1.82, 2.24) is 24.6 Å². The standard InChI is InChI=1S/C32H39N5O6.C14H25NO5.CH4/c1-20-7-12-35(13-8-20)29(38)27(19-22-17-21(2)28-26(18-22)42-31(40)34-28)43-32(41)36-14-10-24(11-15-36)37-16-9-23-5-3-4-6-25(23)33-30(37)39;1-4-18-14(17)20-12(3)19-13(16)7-10-15-8-5-11(2)6-9-15;/h3-6,17-18,20,24,27H,7-16,19H2,1-2H3,(H,33,39)(H,34,40);11-12H,4-10H2,1-3H3;1H4/t27-;;/m1../s1. The number of urea groups is 1. The van der Waals surface area contributed by atoms with E-state index in [1.54, 1.807) is 22.8 Å². The van der Waals surface area contributed by atoms with E-state index in [1.165, 1.54) is 19.8 Å². The van der Waals surface area contributed by atoms with Gasteiger partial charge in [-0.05, 0) is 113 Å². The summed E-state index contributed by atoms with van der Waals surface area (Å²) in [6.45, 7) is 15.2. The van der Waals surface area contributed by atoms with Crippen LogP contribution in [0.2, 0.25) is 0 Å². The van der Waals surface area contributed by atoms with Crippen LogP contribution >= 0.6 is 0 Å². The van der Waals surface area contributed by atoms with Gasteiger partial charge in [0.2, 0.25) is 6.29 Å². The van der Waals surface area contributed by atoms with Crippen LogP contribution in [0.5, 0.6) is 0 Å². The number of aryl methyl sites for hydroxylation is 1. The average molecular weight is 893 g/mol. The van der Waals surface area contributed by atoms with Gasteiger partial charge in [-0.3, -0.25) is 14.6 Å². The molecule has 2 atom stereocenters. The number of amides is 4. The van der Waals surface area contributed by atoms with Gasteiger partial charge in [-0.25, -0.2) is 19.2 Å². The molecule has 1 unspecified atom stereocenters. The first-order chi connectivity index (χ1) is 30.3. The van der Waals surface area contributed by atoms with Crippen LogP contribution in [0.4, 0.5) is 20.1 Å². The predicted molar refractivity (Wildman–Crippen MR) is 241 cm³/mol. The monoisotopic (exact) mass is 892 g/mol. The highest BCUT2D eigenvalue weighted by Gasteiger charge is 2.35. The number of benzene rings is 2. The Balaban J connectivity index is 0.000000311. The molecule has 0 saturated carbocycles. The minimum absolute atomic E-state index is 0. The summed E-state index contributed by atoms with van der Waals surface area (Å²) in [6, 6.07) is 11.4. The fourth-order valence-corrected chi connectivity index (χ4v) is 8.62. The van der Waals surface area contributed by atoms with Crippen molar-refractivity contribution in [2.75, 3.05) is 64.3 Å². The first-order valence-corrected chi connectivity index (χ1v) is 22.5. The molecule has 352 valence electrons. The summed E-state index contributed by atoms with van der Waals surface area (Å²) in [5, 5.41) is 3.03. The Hall–Kier alpha value is -5.58. The van der Waals surface area contributed by atoms with E-state index in [0.29, 0.717) is 75.5 Å². The lowest BCUT2D eigenvalue weighted by Gasteiger charge is -2.38. The minimum Gasteiger partial charge on any atom is -0.436 e. The van der Waals surface area contributed by atoms with Crippen LogP contribution in [0.15, 0.2) is 45.6 Å². The van der Waals surface area contributed by atoms with Crippen molar-refractivity contribution in [3.63, 3.8) is 0 Å². The zero-order valence-corrected chi connectivity index (χ0v) is 37.4. The number of ether oxygens (including phenoxy) is 4. The highest BCUT2D eigenvalue weighted by Crippen LogP contribution is 2.27. The SMILES string of the molecule is C.CCOC(=O)OC(C)OC(=O)CCN1CCC(C)CC1.Cc1cc(C[C@@H](OC(=O)N2CCC(N3CCc4ccccc4NC3=O)CC2)C(=O)N2CCC(C)CC2)cc2oc(=O)[nH]c12. The van der Waals surface area contributed by atoms with Crippen LogP contribution in [-0.4, -0.2) is 132 Å². The number of oxazole rings is 1. The van der Waals surface area contributed by atoms with E-state index in [2.05, 4.69) is 33.8 Å². The largest absolute Gasteiger partial charge is 0.511 e. The van der Waals surface area contributed by atoms with E-state index < -0.39 is 30.4 Å². The van der Waals surface area contributed by atoms with Crippen molar-refractivity contribution in [3.8, 4) is 0 Å². The van der Waals surface area contributed by atoms with Crippen LogP contribution in [0.3, 0.4) is 0 Å². The number of aromatic amines is 1. The number of para-hydroxylation sites is 1. The van der Waals surface area contributed by atoms with Crippen molar-refractivity contribution in [2.24, 2.45) is 11.8 Å². The number of H-pyrrole nitrogens is 1. The Kier molecular flexibility index (Phi) is 18.1. The first kappa shape index (κ1) is 49.4. The third kappa shape index (κ3) is 13.7. The van der Waals surface area contributed by atoms with Gasteiger partial charge >= 0.3 is 30.0 Å². The number of aromatic nitrogens is 1. The van der Waals surface area contributed by atoms with Crippen LogP contribution in [0.1, 0.15) is 96.8 Å². The molecule has 1 aromatic heterocycles. The second-order valence-corrected chi connectivity index (χ2v) is 17.3. The van der Waals surface area contributed by atoms with Gasteiger partial charge in [-0.2, -0.15) is 0 Å². The fraction of sp³-hybridized carbons (Fsp3) is 0.617. The Labute approximate surface area is 376 Å². The van der Waals surface area contributed by atoms with Gasteiger partial charge in [0.05, 0.1) is 18.5 Å². The summed E-state index contributed by atoms with van der Waals surface area (Å²) in [6.07, 6.45) is 3.43. The molecular weight excluding hydrogens is 825 g/mol. The molecule has 17 nitrogen and oxygen atoms in total. The number of rotatable bonds is 11. The summed E-state index contributed by atoms with van der Waals surface area (Å²) in [4.78, 5) is 84.8. The molecule has 3 fully saturated rings. The van der Waals surface area contributed by atoms with Crippen molar-refractivity contribution >= 4 is 46.9 Å². The summed E-state index contributed by atoms with van der Waals surface area (Å²) in [5.41, 5.74) is 4.55. The Morgan fingerprint density at radius 2 is 1.50 bits per heavy atom. The molecule has 2 N–H and O–H groups in total. The van der Waals surface area contributed by atoms with E-state index in [4.69, 9.17) is 18.6 Å². The molecular formula is C47H68N6O11. The molecule has 4 amide bonds. The molecule has 5 heterocycles. The van der Waals surface area contributed by atoms with Crippen LogP contribution in [-0.2, 0) is 41.4 Å². The third-order valence-electron chi connectivity index (χ3n) is 12.5. The molecule has 7 rings (SSSR count). The van der Waals surface area contributed by atoms with E-state index in [0.717, 1.165) is 60.6 Å². The minimum atomic E-state index is -1.00. The zero-order valence-electron chi connectivity index (χ0n) is 37.4. The van der Waals surface area contributed by atoms with Crippen molar-refractivity contribution in [2.45, 2.75) is 118 Å². The normalized spacial score (nSPS) is 18.6. The smallest absolute Gasteiger partial charge is 0.436 e. The summed E-state index contributed by atoms with van der Waals surface area (Å²) in [5.74, 6) is 0.219. The van der Waals surface area contributed by atoms with Gasteiger partial charge in [-0.15, -0.1) is 0 Å². The molecule has 64 heavy (non-hydrogen) atoms. The predicted octanol–water partition coefficient (Wildman–Crippen LogP) is 7.10. The van der Waals surface area contributed by atoms with Gasteiger partial charge in [0.15, 0.2) is 11.7 Å². The van der Waals surface area contributed by atoms with Crippen molar-refractivity contribution in [1.29, 1.82) is 0 Å². The molecule has 3 saturated heterocycles. The number of piperidine rings is 3. The lowest BCUT2D eigenvalue weighted by Crippen LogP contribution is -2.51. The van der Waals surface area contributed by atoms with E-state index in [-0.39, 0.29) is 44.4 Å². The molecule has 0 bridgehead atoms. The van der Waals surface area contributed by atoms with Gasteiger partial charge in [0, 0.05) is 64.3 Å². The first-order valence-electron chi connectivity index (χ1n) is 22.5. The summed E-state index contributed by atoms with van der Waals surface area (Å²) in [7, 11) is 0. The highest BCUT2D eigenvalue weighted by molar-refractivity contribution is 5.91. The van der Waals surface area contributed by atoms with Crippen LogP contribution in [0, 0.1) is 18.8 Å². The maximum Gasteiger partial charge on any atom is 0.511 e. The van der Waals surface area contributed by atoms with Crippen molar-refractivity contribution < 1.29 is 47.3 Å². The number of hydrogen-bond donors (Lipinski definition) is 2. The quantitative estimate of drug-likeness (QED) is 0.113. The Bertz CT molecular complexity index is 2100. The second kappa shape index (κ2) is 23.4. The molecule has 2 aromatic carbocycles. The number of hydrogen-bond acceptors (Lipinski definition) is 12. The molecule has 0 spiro atoms. The third-order valence-corrected chi connectivity index (χ3v) is 12.5. The molecule has 0 aliphatic carbocycles. The molecule has 17 heteroatoms. The molecule has 4 aliphatic heterocycles. The van der Waals surface area contributed by atoms with E-state index >= 15 is 0 Å². The zero-order chi connectivity index (χ0) is 45.0. The number of nitrogens with zero attached hydrogens (tertiary/aromatic N) is 4.